The molecule has 0 bridgehead atoms. The van der Waals surface area contributed by atoms with Crippen molar-refractivity contribution in [2.75, 3.05) is 0 Å². The predicted molar refractivity (Wildman–Crippen MR) is 86.1 cm³/mol. The van der Waals surface area contributed by atoms with Crippen molar-refractivity contribution in [3.63, 3.8) is 0 Å². The van der Waals surface area contributed by atoms with E-state index in [0.717, 1.165) is 26.6 Å². The van der Waals surface area contributed by atoms with Gasteiger partial charge in [-0.25, -0.2) is 4.98 Å². The molecule has 0 spiro atoms. The second-order valence-electron chi connectivity index (χ2n) is 4.67. The highest BCUT2D eigenvalue weighted by Crippen LogP contribution is 2.29. The summed E-state index contributed by atoms with van der Waals surface area (Å²) in [5.41, 5.74) is 2.56. The Labute approximate surface area is 131 Å². The molecule has 3 rings (SSSR count). The third kappa shape index (κ3) is 3.06. The smallest absolute Gasteiger partial charge is 0.139 e. The lowest BCUT2D eigenvalue weighted by Crippen LogP contribution is -2.01. The lowest BCUT2D eigenvalue weighted by Gasteiger charge is -2.12. The Morgan fingerprint density at radius 2 is 1.86 bits per heavy atom. The SMILES string of the molecule is OCc1cccc(Br)c1OCc1ccc2ccccc2n1. The van der Waals surface area contributed by atoms with Crippen LogP contribution in [0.3, 0.4) is 0 Å². The van der Waals surface area contributed by atoms with Crippen LogP contribution < -0.4 is 4.74 Å². The molecule has 1 aromatic heterocycles. The first-order chi connectivity index (χ1) is 10.3. The molecule has 4 heteroatoms. The van der Waals surface area contributed by atoms with E-state index < -0.39 is 0 Å². The van der Waals surface area contributed by atoms with Gasteiger partial charge in [0.1, 0.15) is 12.4 Å². The number of aliphatic hydroxyl groups is 1. The number of nitrogens with zero attached hydrogens (tertiary/aromatic N) is 1. The van der Waals surface area contributed by atoms with Crippen molar-refractivity contribution in [1.82, 2.24) is 4.98 Å². The van der Waals surface area contributed by atoms with Crippen molar-refractivity contribution in [1.29, 1.82) is 0 Å². The molecule has 0 radical (unpaired) electrons. The van der Waals surface area contributed by atoms with Crippen LogP contribution in [0.1, 0.15) is 11.3 Å². The number of para-hydroxylation sites is 2. The first-order valence-corrected chi connectivity index (χ1v) is 7.43. The van der Waals surface area contributed by atoms with Gasteiger partial charge in [-0.1, -0.05) is 36.4 Å². The van der Waals surface area contributed by atoms with Crippen LogP contribution >= 0.6 is 15.9 Å². The molecule has 21 heavy (non-hydrogen) atoms. The Morgan fingerprint density at radius 1 is 1.00 bits per heavy atom. The van der Waals surface area contributed by atoms with E-state index in [4.69, 9.17) is 4.74 Å². The first-order valence-electron chi connectivity index (χ1n) is 6.63. The van der Waals surface area contributed by atoms with Crippen LogP contribution in [0.15, 0.2) is 59.1 Å². The van der Waals surface area contributed by atoms with Gasteiger partial charge in [-0.3, -0.25) is 0 Å². The van der Waals surface area contributed by atoms with Gasteiger partial charge in [0.25, 0.3) is 0 Å². The minimum atomic E-state index is -0.0556. The van der Waals surface area contributed by atoms with Gasteiger partial charge in [-0.2, -0.15) is 0 Å². The molecule has 0 fully saturated rings. The second kappa shape index (κ2) is 6.24. The topological polar surface area (TPSA) is 42.4 Å². The first kappa shape index (κ1) is 14.0. The van der Waals surface area contributed by atoms with Crippen LogP contribution in [0.4, 0.5) is 0 Å². The van der Waals surface area contributed by atoms with Gasteiger partial charge in [-0.05, 0) is 34.1 Å². The molecular weight excluding hydrogens is 330 g/mol. The van der Waals surface area contributed by atoms with E-state index in [1.165, 1.54) is 0 Å². The zero-order valence-electron chi connectivity index (χ0n) is 11.3. The Bertz CT molecular complexity index is 774. The number of pyridine rings is 1. The molecule has 1 N–H and O–H groups in total. The standard InChI is InChI=1S/C17H14BrNO2/c18-15-6-3-5-13(10-20)17(15)21-11-14-9-8-12-4-1-2-7-16(12)19-14/h1-9,20H,10-11H2. The number of hydrogen-bond acceptors (Lipinski definition) is 3. The van der Waals surface area contributed by atoms with Gasteiger partial charge in [-0.15, -0.1) is 0 Å². The van der Waals surface area contributed by atoms with Crippen LogP contribution in [0, 0.1) is 0 Å². The van der Waals surface area contributed by atoms with Gasteiger partial charge < -0.3 is 9.84 Å². The number of halogens is 1. The highest BCUT2D eigenvalue weighted by atomic mass is 79.9. The average Bonchev–Trinajstić information content (AvgIpc) is 2.53. The van der Waals surface area contributed by atoms with Crippen molar-refractivity contribution in [3.8, 4) is 5.75 Å². The van der Waals surface area contributed by atoms with Crippen LogP contribution in [-0.2, 0) is 13.2 Å². The molecule has 0 aliphatic carbocycles. The number of fused-ring (bicyclic) bond motifs is 1. The van der Waals surface area contributed by atoms with Gasteiger partial charge in [0.2, 0.25) is 0 Å². The van der Waals surface area contributed by atoms with Crippen molar-refractivity contribution >= 4 is 26.8 Å². The molecule has 0 aliphatic rings. The maximum absolute atomic E-state index is 9.36. The molecule has 0 amide bonds. The van der Waals surface area contributed by atoms with Crippen molar-refractivity contribution in [3.05, 3.63) is 70.3 Å². The minimum absolute atomic E-state index is 0.0556. The average molecular weight is 344 g/mol. The fraction of sp³-hybridized carbons (Fsp3) is 0.118. The zero-order valence-corrected chi connectivity index (χ0v) is 12.9. The molecule has 0 saturated heterocycles. The van der Waals surface area contributed by atoms with E-state index in [1.807, 2.05) is 54.6 Å². The van der Waals surface area contributed by atoms with E-state index in [2.05, 4.69) is 20.9 Å². The van der Waals surface area contributed by atoms with Crippen molar-refractivity contribution < 1.29 is 9.84 Å². The molecule has 3 aromatic rings. The third-order valence-electron chi connectivity index (χ3n) is 3.24. The molecule has 2 aromatic carbocycles. The maximum Gasteiger partial charge on any atom is 0.139 e. The Hall–Kier alpha value is -1.91. The summed E-state index contributed by atoms with van der Waals surface area (Å²) in [6, 6.07) is 17.6. The Kier molecular flexibility index (Phi) is 4.18. The summed E-state index contributed by atoms with van der Waals surface area (Å²) >= 11 is 3.44. The van der Waals surface area contributed by atoms with E-state index in [1.54, 1.807) is 0 Å². The molecule has 1 heterocycles. The molecule has 0 unspecified atom stereocenters. The monoisotopic (exact) mass is 343 g/mol. The van der Waals surface area contributed by atoms with Crippen LogP contribution in [-0.4, -0.2) is 10.1 Å². The van der Waals surface area contributed by atoms with Gasteiger partial charge in [0.15, 0.2) is 0 Å². The predicted octanol–water partition coefficient (Wildman–Crippen LogP) is 4.07. The van der Waals surface area contributed by atoms with Gasteiger partial charge in [0.05, 0.1) is 22.3 Å². The summed E-state index contributed by atoms with van der Waals surface area (Å²) in [5, 5.41) is 10.5. The molecule has 106 valence electrons. The van der Waals surface area contributed by atoms with Crippen LogP contribution in [0.25, 0.3) is 10.9 Å². The van der Waals surface area contributed by atoms with Crippen LogP contribution in [0.5, 0.6) is 5.75 Å². The largest absolute Gasteiger partial charge is 0.486 e. The number of aliphatic hydroxyl groups excluding tert-OH is 1. The quantitative estimate of drug-likeness (QED) is 0.776. The summed E-state index contributed by atoms with van der Waals surface area (Å²) in [6.07, 6.45) is 0. The molecular formula is C17H14BrNO2. The van der Waals surface area contributed by atoms with E-state index in [-0.39, 0.29) is 6.61 Å². The second-order valence-corrected chi connectivity index (χ2v) is 5.52. The summed E-state index contributed by atoms with van der Waals surface area (Å²) in [5.74, 6) is 0.662. The molecule has 0 saturated carbocycles. The molecule has 0 atom stereocenters. The van der Waals surface area contributed by atoms with E-state index in [9.17, 15) is 5.11 Å². The number of aromatic nitrogens is 1. The van der Waals surface area contributed by atoms with E-state index in [0.29, 0.717) is 12.4 Å². The molecule has 3 nitrogen and oxygen atoms in total. The fourth-order valence-electron chi connectivity index (χ4n) is 2.17. The van der Waals surface area contributed by atoms with E-state index >= 15 is 0 Å². The number of rotatable bonds is 4. The Morgan fingerprint density at radius 3 is 2.71 bits per heavy atom. The normalized spacial score (nSPS) is 10.8. The zero-order chi connectivity index (χ0) is 14.7. The maximum atomic E-state index is 9.36. The van der Waals surface area contributed by atoms with Crippen LogP contribution in [0.2, 0.25) is 0 Å². The highest BCUT2D eigenvalue weighted by Gasteiger charge is 2.08. The Balaban J connectivity index is 1.83. The number of hydrogen-bond donors (Lipinski definition) is 1. The van der Waals surface area contributed by atoms with Gasteiger partial charge >= 0.3 is 0 Å². The highest BCUT2D eigenvalue weighted by molar-refractivity contribution is 9.10. The number of ether oxygens (including phenoxy) is 1. The summed E-state index contributed by atoms with van der Waals surface area (Å²) < 4.78 is 6.65. The third-order valence-corrected chi connectivity index (χ3v) is 3.86. The van der Waals surface area contributed by atoms with Crippen molar-refractivity contribution in [2.45, 2.75) is 13.2 Å². The lowest BCUT2D eigenvalue weighted by molar-refractivity contribution is 0.256. The summed E-state index contributed by atoms with van der Waals surface area (Å²) in [6.45, 7) is 0.306. The summed E-state index contributed by atoms with van der Waals surface area (Å²) in [7, 11) is 0. The van der Waals surface area contributed by atoms with Gasteiger partial charge in [0, 0.05) is 10.9 Å². The van der Waals surface area contributed by atoms with Crippen molar-refractivity contribution in [2.24, 2.45) is 0 Å². The fourth-order valence-corrected chi connectivity index (χ4v) is 2.70. The lowest BCUT2D eigenvalue weighted by atomic mass is 10.2. The minimum Gasteiger partial charge on any atom is -0.486 e. The number of benzene rings is 2. The molecule has 0 aliphatic heterocycles. The summed E-state index contributed by atoms with van der Waals surface area (Å²) in [4.78, 5) is 4.57.